The van der Waals surface area contributed by atoms with Crippen molar-refractivity contribution in [3.63, 3.8) is 0 Å². The van der Waals surface area contributed by atoms with E-state index in [0.29, 0.717) is 15.2 Å². The minimum absolute atomic E-state index is 0.538. The van der Waals surface area contributed by atoms with Crippen molar-refractivity contribution in [1.82, 2.24) is 0 Å². The molecule has 8 bridgehead atoms. The number of alkyl halides is 1. The van der Waals surface area contributed by atoms with Gasteiger partial charge in [0.05, 0.1) is 0 Å². The van der Waals surface area contributed by atoms with Crippen molar-refractivity contribution in [3.8, 4) is 0 Å². The fourth-order valence-electron chi connectivity index (χ4n) is 10.5. The highest BCUT2D eigenvalue weighted by molar-refractivity contribution is 9.10. The average Bonchev–Trinajstić information content (AvgIpc) is 2.27. The van der Waals surface area contributed by atoms with Crippen LogP contribution in [0, 0.1) is 39.4 Å². The molecular weight excluding hydrogens is 368 g/mol. The smallest absolute Gasteiger partial charge is 0.0271 e. The van der Waals surface area contributed by atoms with Crippen LogP contribution in [-0.4, -0.2) is 4.32 Å². The lowest BCUT2D eigenvalue weighted by molar-refractivity contribution is -0.0920. The summed E-state index contributed by atoms with van der Waals surface area (Å²) in [5.74, 6) is 3.26. The predicted molar refractivity (Wildman–Crippen MR) is 110 cm³/mol. The lowest BCUT2D eigenvalue weighted by atomic mass is 9.45. The van der Waals surface area contributed by atoms with Crippen molar-refractivity contribution in [3.05, 3.63) is 0 Å². The van der Waals surface area contributed by atoms with Crippen molar-refractivity contribution < 1.29 is 0 Å². The molecule has 0 amide bonds. The third kappa shape index (κ3) is 3.07. The van der Waals surface area contributed by atoms with E-state index in [9.17, 15) is 0 Å². The Morgan fingerprint density at radius 1 is 0.520 bits per heavy atom. The summed E-state index contributed by atoms with van der Waals surface area (Å²) >= 11 is 4.03. The Bertz CT molecular complexity index is 492. The van der Waals surface area contributed by atoms with Gasteiger partial charge in [-0.3, -0.25) is 0 Å². The van der Waals surface area contributed by atoms with Crippen LogP contribution in [0.15, 0.2) is 0 Å². The van der Waals surface area contributed by atoms with Gasteiger partial charge < -0.3 is 0 Å². The zero-order chi connectivity index (χ0) is 17.7. The molecule has 0 spiro atoms. The first-order chi connectivity index (χ1) is 11.5. The van der Waals surface area contributed by atoms with Crippen LogP contribution in [0.4, 0.5) is 0 Å². The van der Waals surface area contributed by atoms with Crippen LogP contribution in [0.1, 0.15) is 105 Å². The number of hydrogen-bond donors (Lipinski definition) is 0. The third-order valence-corrected chi connectivity index (χ3v) is 10.1. The Hall–Kier alpha value is 0.480. The molecule has 25 heavy (non-hydrogen) atoms. The molecule has 8 aliphatic rings. The van der Waals surface area contributed by atoms with Gasteiger partial charge in [0.15, 0.2) is 0 Å². The summed E-state index contributed by atoms with van der Waals surface area (Å²) in [5, 5.41) is 0. The van der Waals surface area contributed by atoms with Gasteiger partial charge >= 0.3 is 0 Å². The molecule has 2 unspecified atom stereocenters. The Morgan fingerprint density at radius 2 is 0.920 bits per heavy atom. The van der Waals surface area contributed by atoms with Crippen LogP contribution in [-0.2, 0) is 0 Å². The number of rotatable bonds is 0. The first kappa shape index (κ1) is 17.6. The van der Waals surface area contributed by atoms with Gasteiger partial charge in [-0.15, -0.1) is 0 Å². The minimum Gasteiger partial charge on any atom is -0.0853 e. The topological polar surface area (TPSA) is 0 Å². The quantitative estimate of drug-likeness (QED) is 0.360. The first-order valence-corrected chi connectivity index (χ1v) is 12.0. The highest BCUT2D eigenvalue weighted by Gasteiger charge is 2.59. The molecule has 0 aromatic rings. The number of hydrogen-bond acceptors (Lipinski definition) is 0. The molecule has 8 saturated carbocycles. The molecule has 0 aliphatic heterocycles. The minimum atomic E-state index is 0.538. The molecule has 0 aromatic carbocycles. The van der Waals surface area contributed by atoms with Crippen molar-refractivity contribution in [2.75, 3.05) is 0 Å². The lowest BCUT2D eigenvalue weighted by Crippen LogP contribution is -2.55. The average molecular weight is 407 g/mol. The van der Waals surface area contributed by atoms with E-state index >= 15 is 0 Å². The lowest BCUT2D eigenvalue weighted by Gasteiger charge is -2.63. The number of halogens is 1. The van der Waals surface area contributed by atoms with Gasteiger partial charge in [-0.05, 0) is 116 Å². The molecular formula is C24H39Br. The molecule has 0 saturated heterocycles. The first-order valence-electron chi connectivity index (χ1n) is 11.2. The SMILES string of the molecule is CC12CC3CC(C)(C1)CC(Br)(C3)C2.CC12CC3CC(C1)CC(C)(C3)C2. The molecule has 0 nitrogen and oxygen atoms in total. The molecule has 1 heteroatoms. The van der Waals surface area contributed by atoms with Gasteiger partial charge in [0.2, 0.25) is 0 Å². The Kier molecular flexibility index (Phi) is 3.58. The van der Waals surface area contributed by atoms with E-state index in [4.69, 9.17) is 0 Å². The van der Waals surface area contributed by atoms with E-state index in [1.54, 1.807) is 32.1 Å². The van der Waals surface area contributed by atoms with Crippen molar-refractivity contribution in [2.45, 2.75) is 109 Å². The van der Waals surface area contributed by atoms with Gasteiger partial charge in [-0.1, -0.05) is 43.6 Å². The van der Waals surface area contributed by atoms with E-state index in [-0.39, 0.29) is 0 Å². The summed E-state index contributed by atoms with van der Waals surface area (Å²) < 4.78 is 0.538. The highest BCUT2D eigenvalue weighted by Crippen LogP contribution is 2.68. The highest BCUT2D eigenvalue weighted by atomic mass is 79.9. The van der Waals surface area contributed by atoms with Gasteiger partial charge in [-0.2, -0.15) is 0 Å². The molecule has 8 rings (SSSR count). The van der Waals surface area contributed by atoms with Crippen molar-refractivity contribution in [2.24, 2.45) is 39.4 Å². The Balaban J connectivity index is 0.000000112. The molecule has 2 atom stereocenters. The zero-order valence-electron chi connectivity index (χ0n) is 17.1. The Labute approximate surface area is 164 Å². The van der Waals surface area contributed by atoms with Crippen LogP contribution in [0.3, 0.4) is 0 Å². The van der Waals surface area contributed by atoms with Gasteiger partial charge in [0.1, 0.15) is 0 Å². The van der Waals surface area contributed by atoms with Crippen LogP contribution in [0.2, 0.25) is 0 Å². The summed E-state index contributed by atoms with van der Waals surface area (Å²) in [6, 6.07) is 0. The largest absolute Gasteiger partial charge is 0.0853 e. The molecule has 0 heterocycles. The standard InChI is InChI=1S/C12H19Br.C12H20/c1-10-3-9-4-11(2,6-10)8-12(13,5-9)7-10;1-11-4-9-3-10(5-11)7-12(2,6-9)8-11/h9H,3-8H2,1-2H3;9-10H,3-8H2,1-2H3. The molecule has 142 valence electrons. The van der Waals surface area contributed by atoms with E-state index in [1.807, 2.05) is 0 Å². The van der Waals surface area contributed by atoms with Crippen LogP contribution in [0.5, 0.6) is 0 Å². The second-order valence-electron chi connectivity index (χ2n) is 13.4. The molecule has 0 radical (unpaired) electrons. The maximum Gasteiger partial charge on any atom is 0.0271 e. The second kappa shape index (κ2) is 5.09. The van der Waals surface area contributed by atoms with Gasteiger partial charge in [0, 0.05) is 4.32 Å². The van der Waals surface area contributed by atoms with E-state index < -0.39 is 0 Å². The van der Waals surface area contributed by atoms with E-state index in [1.165, 1.54) is 44.9 Å². The van der Waals surface area contributed by atoms with E-state index in [2.05, 4.69) is 43.6 Å². The van der Waals surface area contributed by atoms with Gasteiger partial charge in [-0.25, -0.2) is 0 Å². The van der Waals surface area contributed by atoms with Gasteiger partial charge in [0.25, 0.3) is 0 Å². The molecule has 8 aliphatic carbocycles. The zero-order valence-corrected chi connectivity index (χ0v) is 18.7. The van der Waals surface area contributed by atoms with Crippen LogP contribution < -0.4 is 0 Å². The second-order valence-corrected chi connectivity index (χ2v) is 15.0. The fourth-order valence-corrected chi connectivity index (χ4v) is 12.3. The fraction of sp³-hybridized carbons (Fsp3) is 1.00. The van der Waals surface area contributed by atoms with Crippen molar-refractivity contribution in [1.29, 1.82) is 0 Å². The van der Waals surface area contributed by atoms with Crippen LogP contribution in [0.25, 0.3) is 0 Å². The van der Waals surface area contributed by atoms with Crippen LogP contribution >= 0.6 is 15.9 Å². The monoisotopic (exact) mass is 406 g/mol. The third-order valence-electron chi connectivity index (χ3n) is 9.20. The summed E-state index contributed by atoms with van der Waals surface area (Å²) in [7, 11) is 0. The summed E-state index contributed by atoms with van der Waals surface area (Å²) in [4.78, 5) is 0. The molecule has 8 fully saturated rings. The summed E-state index contributed by atoms with van der Waals surface area (Å²) in [6.45, 7) is 10.1. The van der Waals surface area contributed by atoms with E-state index in [0.717, 1.165) is 28.6 Å². The summed E-state index contributed by atoms with van der Waals surface area (Å²) in [5.41, 5.74) is 2.88. The predicted octanol–water partition coefficient (Wildman–Crippen LogP) is 7.74. The normalized spacial score (nSPS) is 63.5. The maximum absolute atomic E-state index is 4.03. The van der Waals surface area contributed by atoms with Crippen molar-refractivity contribution >= 4 is 15.9 Å². The summed E-state index contributed by atoms with van der Waals surface area (Å²) in [6.07, 6.45) is 18.2. The molecule has 0 aromatic heterocycles. The molecule has 0 N–H and O–H groups in total. The Morgan fingerprint density at radius 3 is 1.28 bits per heavy atom. The maximum atomic E-state index is 4.03.